The van der Waals surface area contributed by atoms with Crippen LogP contribution in [0.25, 0.3) is 11.0 Å². The average Bonchev–Trinajstić information content (AvgIpc) is 3.25. The Hall–Kier alpha value is -4.63. The molecule has 3 aromatic carbocycles. The summed E-state index contributed by atoms with van der Waals surface area (Å²) in [6.07, 6.45) is 2.01. The van der Waals surface area contributed by atoms with E-state index in [0.29, 0.717) is 23.9 Å². The number of ether oxygens (including phenoxy) is 1. The van der Waals surface area contributed by atoms with Crippen LogP contribution in [0.3, 0.4) is 0 Å². The van der Waals surface area contributed by atoms with Gasteiger partial charge in [-0.05, 0) is 67.8 Å². The van der Waals surface area contributed by atoms with Gasteiger partial charge in [0.2, 0.25) is 11.8 Å². The molecule has 1 N–H and O–H groups in total. The highest BCUT2D eigenvalue weighted by molar-refractivity contribution is 5.83. The Kier molecular flexibility index (Phi) is 5.90. The number of nitriles is 1. The van der Waals surface area contributed by atoms with Gasteiger partial charge in [0.25, 0.3) is 0 Å². The van der Waals surface area contributed by atoms with Gasteiger partial charge in [0, 0.05) is 18.4 Å². The quantitative estimate of drug-likeness (QED) is 0.302. The fourth-order valence-electron chi connectivity index (χ4n) is 4.29. The number of rotatable bonds is 6. The minimum Gasteiger partial charge on any atom is -0.436 e. The first-order chi connectivity index (χ1) is 17.0. The number of nitrogens with zero attached hydrogens (tertiary/aromatic N) is 4. The third-order valence-electron chi connectivity index (χ3n) is 5.85. The Morgan fingerprint density at radius 1 is 0.914 bits per heavy atom. The predicted octanol–water partition coefficient (Wildman–Crippen LogP) is 6.81. The van der Waals surface area contributed by atoms with Crippen LogP contribution < -0.4 is 10.1 Å². The summed E-state index contributed by atoms with van der Waals surface area (Å²) >= 11 is 0. The number of hydrogen-bond acceptors (Lipinski definition) is 5. The zero-order valence-electron chi connectivity index (χ0n) is 19.9. The lowest BCUT2D eigenvalue weighted by molar-refractivity contribution is 0.459. The van der Waals surface area contributed by atoms with Gasteiger partial charge in [-0.1, -0.05) is 48.0 Å². The minimum atomic E-state index is 0.428. The highest BCUT2D eigenvalue weighted by atomic mass is 16.5. The molecule has 0 unspecified atom stereocenters. The molecular weight excluding hydrogens is 434 g/mol. The fourth-order valence-corrected chi connectivity index (χ4v) is 4.29. The second-order valence-electron chi connectivity index (χ2n) is 8.66. The first kappa shape index (κ1) is 22.2. The van der Waals surface area contributed by atoms with Crippen LogP contribution in [0.4, 0.5) is 11.6 Å². The molecule has 35 heavy (non-hydrogen) atoms. The van der Waals surface area contributed by atoms with Crippen LogP contribution >= 0.6 is 0 Å². The summed E-state index contributed by atoms with van der Waals surface area (Å²) in [6, 6.07) is 25.8. The van der Waals surface area contributed by atoms with E-state index in [1.165, 1.54) is 11.1 Å². The Morgan fingerprint density at radius 3 is 2.31 bits per heavy atom. The molecule has 172 valence electrons. The molecule has 6 heteroatoms. The van der Waals surface area contributed by atoms with E-state index >= 15 is 0 Å². The van der Waals surface area contributed by atoms with E-state index in [0.717, 1.165) is 33.6 Å². The monoisotopic (exact) mass is 459 g/mol. The number of nitrogens with one attached hydrogen (secondary N) is 1. The number of anilines is 2. The van der Waals surface area contributed by atoms with Crippen molar-refractivity contribution >= 4 is 22.7 Å². The average molecular weight is 460 g/mol. The normalized spacial score (nSPS) is 10.8. The third-order valence-corrected chi connectivity index (χ3v) is 5.85. The fraction of sp³-hybridized carbons (Fsp3) is 0.138. The van der Waals surface area contributed by atoms with Gasteiger partial charge in [-0.3, -0.25) is 0 Å². The number of aryl methyl sites for hydroxylation is 3. The predicted molar refractivity (Wildman–Crippen MR) is 138 cm³/mol. The first-order valence-electron chi connectivity index (χ1n) is 11.4. The molecular formula is C29H25N5O. The van der Waals surface area contributed by atoms with Crippen molar-refractivity contribution in [2.75, 3.05) is 5.32 Å². The Balaban J connectivity index is 1.60. The molecule has 0 radical (unpaired) electrons. The molecule has 0 aliphatic carbocycles. The first-order valence-corrected chi connectivity index (χ1v) is 11.4. The molecule has 0 amide bonds. The molecule has 6 nitrogen and oxygen atoms in total. The number of fused-ring (bicyclic) bond motifs is 1. The Labute approximate surface area is 204 Å². The maximum absolute atomic E-state index is 9.07. The van der Waals surface area contributed by atoms with Crippen LogP contribution in [-0.2, 0) is 6.54 Å². The topological polar surface area (TPSA) is 75.8 Å². The highest BCUT2D eigenvalue weighted by Crippen LogP contribution is 2.34. The van der Waals surface area contributed by atoms with E-state index in [9.17, 15) is 0 Å². The molecule has 0 atom stereocenters. The van der Waals surface area contributed by atoms with Crippen LogP contribution in [0, 0.1) is 32.1 Å². The molecule has 0 aliphatic heterocycles. The summed E-state index contributed by atoms with van der Waals surface area (Å²) in [5, 5.41) is 12.3. The summed E-state index contributed by atoms with van der Waals surface area (Å²) in [5.41, 5.74) is 7.48. The van der Waals surface area contributed by atoms with Crippen molar-refractivity contribution in [1.29, 1.82) is 5.26 Å². The Morgan fingerprint density at radius 2 is 1.63 bits per heavy atom. The van der Waals surface area contributed by atoms with E-state index in [4.69, 9.17) is 20.0 Å². The molecule has 2 heterocycles. The van der Waals surface area contributed by atoms with Crippen LogP contribution in [0.5, 0.6) is 11.6 Å². The van der Waals surface area contributed by atoms with Gasteiger partial charge in [-0.25, -0.2) is 4.98 Å². The SMILES string of the molecule is Cc1cc(C)c(Oc2nc(Nc3ccc(C#N)cc3)nc3ccn(Cc4ccccc4)c23)c(C)c1. The van der Waals surface area contributed by atoms with Crippen molar-refractivity contribution < 1.29 is 4.74 Å². The standard InChI is InChI=1S/C29H25N5O/c1-19-15-20(2)27(21(3)16-19)35-28-26-25(13-14-34(26)18-23-7-5-4-6-8-23)32-29(33-28)31-24-11-9-22(17-30)10-12-24/h4-16H,18H2,1-3H3,(H,31,32,33). The van der Waals surface area contributed by atoms with Crippen molar-refractivity contribution in [3.8, 4) is 17.7 Å². The lowest BCUT2D eigenvalue weighted by Gasteiger charge is -2.15. The molecule has 0 saturated heterocycles. The maximum atomic E-state index is 9.07. The summed E-state index contributed by atoms with van der Waals surface area (Å²) in [5.74, 6) is 1.71. The third kappa shape index (κ3) is 4.71. The minimum absolute atomic E-state index is 0.428. The molecule has 0 saturated carbocycles. The van der Waals surface area contributed by atoms with Crippen molar-refractivity contribution in [3.63, 3.8) is 0 Å². The maximum Gasteiger partial charge on any atom is 0.249 e. The van der Waals surface area contributed by atoms with Gasteiger partial charge in [0.1, 0.15) is 11.3 Å². The summed E-state index contributed by atoms with van der Waals surface area (Å²) in [6.45, 7) is 6.86. The van der Waals surface area contributed by atoms with Crippen LogP contribution in [0.1, 0.15) is 27.8 Å². The largest absolute Gasteiger partial charge is 0.436 e. The molecule has 5 aromatic rings. The van der Waals surface area contributed by atoms with Crippen molar-refractivity contribution in [2.24, 2.45) is 0 Å². The summed E-state index contributed by atoms with van der Waals surface area (Å²) in [7, 11) is 0. The Bertz CT molecular complexity index is 1520. The summed E-state index contributed by atoms with van der Waals surface area (Å²) < 4.78 is 8.62. The molecule has 0 fully saturated rings. The molecule has 5 rings (SSSR count). The van der Waals surface area contributed by atoms with E-state index in [1.807, 2.05) is 56.4 Å². The van der Waals surface area contributed by atoms with E-state index < -0.39 is 0 Å². The molecule has 0 aliphatic rings. The number of aromatic nitrogens is 3. The van der Waals surface area contributed by atoms with Gasteiger partial charge in [-0.2, -0.15) is 10.2 Å². The zero-order valence-corrected chi connectivity index (χ0v) is 19.9. The van der Waals surface area contributed by atoms with E-state index in [2.05, 4.69) is 47.1 Å². The molecule has 0 spiro atoms. The van der Waals surface area contributed by atoms with Crippen LogP contribution in [-0.4, -0.2) is 14.5 Å². The van der Waals surface area contributed by atoms with Gasteiger partial charge in [-0.15, -0.1) is 0 Å². The van der Waals surface area contributed by atoms with E-state index in [1.54, 1.807) is 12.1 Å². The molecule has 2 aromatic heterocycles. The van der Waals surface area contributed by atoms with E-state index in [-0.39, 0.29) is 0 Å². The van der Waals surface area contributed by atoms with Gasteiger partial charge in [0.05, 0.1) is 17.1 Å². The van der Waals surface area contributed by atoms with Crippen LogP contribution in [0.2, 0.25) is 0 Å². The highest BCUT2D eigenvalue weighted by Gasteiger charge is 2.17. The van der Waals surface area contributed by atoms with Crippen molar-refractivity contribution in [3.05, 3.63) is 107 Å². The van der Waals surface area contributed by atoms with Crippen LogP contribution in [0.15, 0.2) is 79.0 Å². The molecule has 0 bridgehead atoms. The van der Waals surface area contributed by atoms with Crippen molar-refractivity contribution in [1.82, 2.24) is 14.5 Å². The van der Waals surface area contributed by atoms with Gasteiger partial charge < -0.3 is 14.6 Å². The van der Waals surface area contributed by atoms with Gasteiger partial charge in [0.15, 0.2) is 0 Å². The zero-order chi connectivity index (χ0) is 24.4. The lowest BCUT2D eigenvalue weighted by Crippen LogP contribution is -2.04. The van der Waals surface area contributed by atoms with Crippen molar-refractivity contribution in [2.45, 2.75) is 27.3 Å². The second-order valence-corrected chi connectivity index (χ2v) is 8.66. The second kappa shape index (κ2) is 9.32. The van der Waals surface area contributed by atoms with Gasteiger partial charge >= 0.3 is 0 Å². The number of hydrogen-bond donors (Lipinski definition) is 1. The lowest BCUT2D eigenvalue weighted by atomic mass is 10.1. The number of benzene rings is 3. The summed E-state index contributed by atoms with van der Waals surface area (Å²) in [4.78, 5) is 9.53. The smallest absolute Gasteiger partial charge is 0.249 e.